The van der Waals surface area contributed by atoms with E-state index >= 15 is 0 Å². The smallest absolute Gasteiger partial charge is 0.267 e. The van der Waals surface area contributed by atoms with Gasteiger partial charge in [-0.2, -0.15) is 0 Å². The van der Waals surface area contributed by atoms with Gasteiger partial charge in [0.1, 0.15) is 4.83 Å². The minimum atomic E-state index is -0.354. The molecule has 4 aromatic rings. The number of thioether (sulfide) groups is 1. The predicted molar refractivity (Wildman–Crippen MR) is 132 cm³/mol. The highest BCUT2D eigenvalue weighted by atomic mass is 35.5. The van der Waals surface area contributed by atoms with Gasteiger partial charge in [0.2, 0.25) is 0 Å². The molecular formula is C24H19ClN2O4S2. The maximum Gasteiger partial charge on any atom is 0.267 e. The molecule has 0 radical (unpaired) electrons. The van der Waals surface area contributed by atoms with Gasteiger partial charge in [0, 0.05) is 15.5 Å². The highest BCUT2D eigenvalue weighted by molar-refractivity contribution is 7.99. The number of fused-ring (bicyclic) bond motifs is 3. The van der Waals surface area contributed by atoms with Crippen LogP contribution in [0.2, 0.25) is 5.02 Å². The lowest BCUT2D eigenvalue weighted by atomic mass is 9.97. The van der Waals surface area contributed by atoms with E-state index in [1.807, 2.05) is 0 Å². The van der Waals surface area contributed by atoms with E-state index < -0.39 is 0 Å². The van der Waals surface area contributed by atoms with E-state index in [1.54, 1.807) is 40.2 Å². The van der Waals surface area contributed by atoms with Crippen LogP contribution in [0.3, 0.4) is 0 Å². The Morgan fingerprint density at radius 3 is 2.61 bits per heavy atom. The molecule has 2 aromatic heterocycles. The highest BCUT2D eigenvalue weighted by Crippen LogP contribution is 2.35. The van der Waals surface area contributed by atoms with Crippen molar-refractivity contribution in [1.82, 2.24) is 9.55 Å². The van der Waals surface area contributed by atoms with Crippen LogP contribution >= 0.6 is 34.7 Å². The summed E-state index contributed by atoms with van der Waals surface area (Å²) in [7, 11) is 0. The third-order valence-electron chi connectivity index (χ3n) is 5.67. The molecule has 0 spiro atoms. The molecule has 0 bridgehead atoms. The fourth-order valence-corrected chi connectivity index (χ4v) is 6.35. The number of hydrogen-bond donors (Lipinski definition) is 2. The predicted octanol–water partition coefficient (Wildman–Crippen LogP) is 5.37. The molecule has 0 saturated heterocycles. The second-order valence-electron chi connectivity index (χ2n) is 7.82. The van der Waals surface area contributed by atoms with Crippen LogP contribution < -0.4 is 5.56 Å². The summed E-state index contributed by atoms with van der Waals surface area (Å²) in [6.45, 7) is 0. The van der Waals surface area contributed by atoms with Gasteiger partial charge < -0.3 is 10.2 Å². The third kappa shape index (κ3) is 4.14. The van der Waals surface area contributed by atoms with E-state index in [9.17, 15) is 19.8 Å². The third-order valence-corrected chi connectivity index (χ3v) is 8.05. The summed E-state index contributed by atoms with van der Waals surface area (Å²) >= 11 is 8.79. The van der Waals surface area contributed by atoms with Gasteiger partial charge >= 0.3 is 0 Å². The van der Waals surface area contributed by atoms with Gasteiger partial charge in [-0.1, -0.05) is 23.4 Å². The number of Topliss-reactive ketones (excluding diaryl/α,β-unsaturated/α-hetero) is 1. The number of aryl methyl sites for hydroxylation is 2. The second-order valence-corrected chi connectivity index (χ2v) is 10.3. The van der Waals surface area contributed by atoms with Crippen molar-refractivity contribution in [3.63, 3.8) is 0 Å². The minimum Gasteiger partial charge on any atom is -0.504 e. The molecule has 33 heavy (non-hydrogen) atoms. The average Bonchev–Trinajstić information content (AvgIpc) is 3.19. The number of benzene rings is 2. The molecular weight excluding hydrogens is 480 g/mol. The first-order valence-corrected chi connectivity index (χ1v) is 12.6. The Labute approximate surface area is 202 Å². The molecule has 0 fully saturated rings. The van der Waals surface area contributed by atoms with Crippen molar-refractivity contribution in [2.45, 2.75) is 30.8 Å². The standard InChI is InChI=1S/C24H19ClN2O4S2/c25-14-6-8-15(9-7-14)27-23(31)21-16-3-1-2-4-20(16)33-22(21)26-24(27)32-12-19(30)13-5-10-17(28)18(29)11-13/h5-11,28-29H,1-4,12H2. The van der Waals surface area contributed by atoms with Crippen LogP contribution in [0.5, 0.6) is 11.5 Å². The van der Waals surface area contributed by atoms with Gasteiger partial charge in [0.25, 0.3) is 5.56 Å². The number of ketones is 1. The number of aromatic nitrogens is 2. The van der Waals surface area contributed by atoms with E-state index in [0.29, 0.717) is 26.1 Å². The Hall–Kier alpha value is -2.81. The lowest BCUT2D eigenvalue weighted by Crippen LogP contribution is -2.22. The molecule has 9 heteroatoms. The SMILES string of the molecule is O=C(CSc1nc2sc3c(c2c(=O)n1-c1ccc(Cl)cc1)CCCC3)c1ccc(O)c(O)c1. The summed E-state index contributed by atoms with van der Waals surface area (Å²) in [6, 6.07) is 10.9. The van der Waals surface area contributed by atoms with Crippen molar-refractivity contribution in [2.75, 3.05) is 5.75 Å². The number of nitrogens with zero attached hydrogens (tertiary/aromatic N) is 2. The minimum absolute atomic E-state index is 0.0147. The lowest BCUT2D eigenvalue weighted by Gasteiger charge is -2.13. The van der Waals surface area contributed by atoms with E-state index in [4.69, 9.17) is 16.6 Å². The first-order valence-electron chi connectivity index (χ1n) is 10.4. The van der Waals surface area contributed by atoms with Crippen LogP contribution in [0.25, 0.3) is 15.9 Å². The zero-order valence-corrected chi connectivity index (χ0v) is 19.8. The molecule has 6 nitrogen and oxygen atoms in total. The number of carbonyl (C=O) groups excluding carboxylic acids is 1. The molecule has 2 N–H and O–H groups in total. The van der Waals surface area contributed by atoms with Gasteiger partial charge in [-0.15, -0.1) is 11.3 Å². The Bertz CT molecular complexity index is 1440. The number of hydrogen-bond acceptors (Lipinski definition) is 7. The van der Waals surface area contributed by atoms with E-state index in [0.717, 1.165) is 31.2 Å². The van der Waals surface area contributed by atoms with Crippen LogP contribution in [-0.2, 0) is 12.8 Å². The number of thiophene rings is 1. The van der Waals surface area contributed by atoms with Crippen LogP contribution in [0.1, 0.15) is 33.6 Å². The van der Waals surface area contributed by atoms with E-state index in [2.05, 4.69) is 0 Å². The van der Waals surface area contributed by atoms with Gasteiger partial charge in [0.15, 0.2) is 22.4 Å². The molecule has 1 aliphatic rings. The summed E-state index contributed by atoms with van der Waals surface area (Å²) in [6.07, 6.45) is 4.01. The van der Waals surface area contributed by atoms with Gasteiger partial charge in [-0.3, -0.25) is 14.2 Å². The summed E-state index contributed by atoms with van der Waals surface area (Å²) < 4.78 is 1.55. The van der Waals surface area contributed by atoms with E-state index in [1.165, 1.54) is 34.8 Å². The molecule has 0 saturated carbocycles. The molecule has 2 heterocycles. The molecule has 1 aliphatic carbocycles. The molecule has 0 atom stereocenters. The Morgan fingerprint density at radius 1 is 1.09 bits per heavy atom. The fraction of sp³-hybridized carbons (Fsp3) is 0.208. The van der Waals surface area contributed by atoms with Crippen molar-refractivity contribution < 1.29 is 15.0 Å². The fourth-order valence-electron chi connectivity index (χ4n) is 4.01. The second kappa shape index (κ2) is 8.85. The molecule has 0 aliphatic heterocycles. The first kappa shape index (κ1) is 22.0. The molecule has 0 unspecified atom stereocenters. The number of aromatic hydroxyl groups is 2. The largest absolute Gasteiger partial charge is 0.504 e. The Kier molecular flexibility index (Phi) is 5.90. The average molecular weight is 499 g/mol. The van der Waals surface area contributed by atoms with Crippen LogP contribution in [0, 0.1) is 0 Å². The molecule has 168 valence electrons. The van der Waals surface area contributed by atoms with Gasteiger partial charge in [-0.05, 0) is 73.7 Å². The summed E-state index contributed by atoms with van der Waals surface area (Å²) in [5.74, 6) is -0.879. The van der Waals surface area contributed by atoms with Crippen molar-refractivity contribution in [3.8, 4) is 17.2 Å². The number of halogens is 1. The monoisotopic (exact) mass is 498 g/mol. The summed E-state index contributed by atoms with van der Waals surface area (Å²) in [4.78, 5) is 33.2. The van der Waals surface area contributed by atoms with Crippen LogP contribution in [-0.4, -0.2) is 31.3 Å². The van der Waals surface area contributed by atoms with Crippen molar-refractivity contribution >= 4 is 50.7 Å². The summed E-state index contributed by atoms with van der Waals surface area (Å²) in [5, 5.41) is 20.9. The quantitative estimate of drug-likeness (QED) is 0.166. The van der Waals surface area contributed by atoms with Crippen LogP contribution in [0.4, 0.5) is 0 Å². The Morgan fingerprint density at radius 2 is 1.85 bits per heavy atom. The summed E-state index contributed by atoms with van der Waals surface area (Å²) in [5.41, 5.74) is 1.87. The molecule has 2 aromatic carbocycles. The van der Waals surface area contributed by atoms with Crippen LogP contribution in [0.15, 0.2) is 52.4 Å². The van der Waals surface area contributed by atoms with Gasteiger partial charge in [0.05, 0.1) is 16.8 Å². The number of phenolic OH excluding ortho intramolecular Hbond substituents is 2. The highest BCUT2D eigenvalue weighted by Gasteiger charge is 2.23. The molecule has 5 rings (SSSR count). The van der Waals surface area contributed by atoms with Crippen molar-refractivity contribution in [3.05, 3.63) is 73.8 Å². The number of rotatable bonds is 5. The topological polar surface area (TPSA) is 92.4 Å². The number of carbonyl (C=O) groups is 1. The van der Waals surface area contributed by atoms with E-state index in [-0.39, 0.29) is 34.2 Å². The first-order chi connectivity index (χ1) is 15.9. The van der Waals surface area contributed by atoms with Crippen molar-refractivity contribution in [1.29, 1.82) is 0 Å². The maximum atomic E-state index is 13.7. The van der Waals surface area contributed by atoms with Crippen molar-refractivity contribution in [2.24, 2.45) is 0 Å². The maximum absolute atomic E-state index is 13.7. The molecule has 0 amide bonds. The zero-order valence-electron chi connectivity index (χ0n) is 17.4. The van der Waals surface area contributed by atoms with Gasteiger partial charge in [-0.25, -0.2) is 4.98 Å². The Balaban J connectivity index is 1.58. The lowest BCUT2D eigenvalue weighted by molar-refractivity contribution is 0.102. The number of phenols is 2. The zero-order chi connectivity index (χ0) is 23.1. The normalized spacial score (nSPS) is 13.2.